The molecule has 7 rings (SSSR count). The van der Waals surface area contributed by atoms with Crippen LogP contribution in [-0.2, 0) is 0 Å². The Balaban J connectivity index is 1.65. The van der Waals surface area contributed by atoms with Gasteiger partial charge in [0.2, 0.25) is 0 Å². The highest BCUT2D eigenvalue weighted by molar-refractivity contribution is 7.51. The summed E-state index contributed by atoms with van der Waals surface area (Å²) in [5.41, 5.74) is 7.77. The maximum Gasteiger partial charge on any atom is 0.0757 e. The third kappa shape index (κ3) is 2.40. The van der Waals surface area contributed by atoms with Crippen molar-refractivity contribution in [3.63, 3.8) is 0 Å². The first-order valence-electron chi connectivity index (χ1n) is 10.6. The van der Waals surface area contributed by atoms with Crippen LogP contribution in [0.1, 0.15) is 0 Å². The fraction of sp³-hybridized carbons (Fsp3) is 0. The molecule has 0 amide bonds. The Labute approximate surface area is 180 Å². The molecule has 0 saturated carbocycles. The standard InChI is InChI=1S/C28H19N2P/c1-2-9-20(10-3-1)21-13-8-14-24(17-21)31-29-25-15-6-4-11-22(25)18-27(29)28-19-23-12-5-7-16-26(23)30(28)31/h1-19H. The van der Waals surface area contributed by atoms with Gasteiger partial charge in [0.05, 0.1) is 29.9 Å². The van der Waals surface area contributed by atoms with Crippen LogP contribution in [0, 0.1) is 0 Å². The average molecular weight is 414 g/mol. The minimum absolute atomic E-state index is 0.771. The van der Waals surface area contributed by atoms with Gasteiger partial charge < -0.3 is 0 Å². The second-order valence-electron chi connectivity index (χ2n) is 8.01. The van der Waals surface area contributed by atoms with Crippen molar-refractivity contribution in [3.05, 3.63) is 115 Å². The molecule has 0 unspecified atom stereocenters. The quantitative estimate of drug-likeness (QED) is 0.270. The molecule has 0 saturated heterocycles. The van der Waals surface area contributed by atoms with Crippen LogP contribution in [0.3, 0.4) is 0 Å². The van der Waals surface area contributed by atoms with Crippen molar-refractivity contribution in [3.8, 4) is 16.4 Å². The predicted molar refractivity (Wildman–Crippen MR) is 133 cm³/mol. The number of nitrogens with zero attached hydrogens (tertiary/aromatic N) is 2. The van der Waals surface area contributed by atoms with Crippen molar-refractivity contribution >= 4 is 40.7 Å². The number of fused-ring (bicyclic) bond motifs is 7. The van der Waals surface area contributed by atoms with Gasteiger partial charge in [0.15, 0.2) is 0 Å². The predicted octanol–water partition coefficient (Wildman–Crippen LogP) is 8.14. The molecule has 0 bridgehead atoms. The van der Waals surface area contributed by atoms with Gasteiger partial charge in [0.25, 0.3) is 0 Å². The molecule has 31 heavy (non-hydrogen) atoms. The maximum atomic E-state index is 2.57. The number of rotatable bonds is 2. The molecule has 0 atom stereocenters. The largest absolute Gasteiger partial charge is 0.281 e. The second kappa shape index (κ2) is 6.38. The molecule has 4 aromatic carbocycles. The van der Waals surface area contributed by atoms with E-state index in [0.29, 0.717) is 0 Å². The van der Waals surface area contributed by atoms with E-state index in [4.69, 9.17) is 0 Å². The average Bonchev–Trinajstić information content (AvgIpc) is 3.48. The van der Waals surface area contributed by atoms with E-state index in [0.717, 1.165) is 0 Å². The monoisotopic (exact) mass is 414 g/mol. The van der Waals surface area contributed by atoms with Gasteiger partial charge in [-0.1, -0.05) is 78.9 Å². The van der Waals surface area contributed by atoms with Gasteiger partial charge in [0, 0.05) is 16.1 Å². The first kappa shape index (κ1) is 17.0. The topological polar surface area (TPSA) is 8.82 Å². The zero-order valence-electron chi connectivity index (χ0n) is 16.8. The summed E-state index contributed by atoms with van der Waals surface area (Å²) in [6, 6.07) is 42.0. The molecule has 0 aliphatic carbocycles. The third-order valence-electron chi connectivity index (χ3n) is 6.20. The first-order valence-corrected chi connectivity index (χ1v) is 11.8. The molecule has 0 aliphatic heterocycles. The van der Waals surface area contributed by atoms with Gasteiger partial charge in [-0.15, -0.1) is 0 Å². The molecule has 146 valence electrons. The van der Waals surface area contributed by atoms with Crippen LogP contribution < -0.4 is 0 Å². The van der Waals surface area contributed by atoms with Crippen molar-refractivity contribution in [1.82, 2.24) is 8.33 Å². The van der Waals surface area contributed by atoms with Crippen LogP contribution in [-0.4, -0.2) is 8.33 Å². The zero-order valence-corrected chi connectivity index (χ0v) is 17.7. The minimum atomic E-state index is -0.771. The van der Waals surface area contributed by atoms with E-state index in [-0.39, 0.29) is 0 Å². The number of hydrogen-bond donors (Lipinski definition) is 0. The van der Waals surface area contributed by atoms with Gasteiger partial charge >= 0.3 is 0 Å². The fourth-order valence-corrected chi connectivity index (χ4v) is 7.43. The van der Waals surface area contributed by atoms with Crippen LogP contribution in [0.2, 0.25) is 0 Å². The number of hydrogen-bond acceptors (Lipinski definition) is 0. The molecule has 0 spiro atoms. The lowest BCUT2D eigenvalue weighted by atomic mass is 10.1. The molecular weight excluding hydrogens is 395 g/mol. The van der Waals surface area contributed by atoms with Crippen LogP contribution in [0.5, 0.6) is 0 Å². The zero-order chi connectivity index (χ0) is 20.4. The summed E-state index contributed by atoms with van der Waals surface area (Å²) < 4.78 is 5.13. The van der Waals surface area contributed by atoms with E-state index in [1.54, 1.807) is 0 Å². The molecule has 3 heteroatoms. The van der Waals surface area contributed by atoms with Gasteiger partial charge in [-0.25, -0.2) is 0 Å². The Hall–Kier alpha value is -3.74. The van der Waals surface area contributed by atoms with Crippen molar-refractivity contribution in [1.29, 1.82) is 0 Å². The molecule has 0 fully saturated rings. The molecule has 0 aliphatic rings. The van der Waals surface area contributed by atoms with E-state index in [9.17, 15) is 0 Å². The molecule has 0 radical (unpaired) electrons. The summed E-state index contributed by atoms with van der Waals surface area (Å²) >= 11 is 0. The van der Waals surface area contributed by atoms with Crippen molar-refractivity contribution < 1.29 is 0 Å². The summed E-state index contributed by atoms with van der Waals surface area (Å²) in [7, 11) is -0.771. The van der Waals surface area contributed by atoms with Crippen LogP contribution in [0.4, 0.5) is 0 Å². The van der Waals surface area contributed by atoms with Crippen LogP contribution >= 0.6 is 7.85 Å². The highest BCUT2D eigenvalue weighted by Crippen LogP contribution is 2.48. The van der Waals surface area contributed by atoms with Gasteiger partial charge in [-0.3, -0.25) is 8.33 Å². The van der Waals surface area contributed by atoms with Crippen molar-refractivity contribution in [2.45, 2.75) is 0 Å². The highest BCUT2D eigenvalue weighted by atomic mass is 31.1. The summed E-state index contributed by atoms with van der Waals surface area (Å²) in [6.45, 7) is 0. The van der Waals surface area contributed by atoms with E-state index >= 15 is 0 Å². The third-order valence-corrected chi connectivity index (χ3v) is 8.56. The van der Waals surface area contributed by atoms with E-state index in [1.165, 1.54) is 49.3 Å². The van der Waals surface area contributed by atoms with Gasteiger partial charge in [0.1, 0.15) is 0 Å². The van der Waals surface area contributed by atoms with Gasteiger partial charge in [-0.2, -0.15) is 0 Å². The van der Waals surface area contributed by atoms with Crippen LogP contribution in [0.25, 0.3) is 49.3 Å². The number of para-hydroxylation sites is 2. The summed E-state index contributed by atoms with van der Waals surface area (Å²) in [6.07, 6.45) is 0. The molecule has 7 aromatic rings. The van der Waals surface area contributed by atoms with Crippen molar-refractivity contribution in [2.24, 2.45) is 0 Å². The summed E-state index contributed by atoms with van der Waals surface area (Å²) in [5.74, 6) is 0. The lowest BCUT2D eigenvalue weighted by molar-refractivity contribution is 1.43. The fourth-order valence-electron chi connectivity index (χ4n) is 4.82. The lowest BCUT2D eigenvalue weighted by Gasteiger charge is -2.09. The highest BCUT2D eigenvalue weighted by Gasteiger charge is 2.19. The normalized spacial score (nSPS) is 11.9. The maximum absolute atomic E-state index is 2.57. The van der Waals surface area contributed by atoms with E-state index in [2.05, 4.69) is 124 Å². The Morgan fingerprint density at radius 2 is 0.968 bits per heavy atom. The number of benzene rings is 4. The first-order chi connectivity index (χ1) is 15.4. The van der Waals surface area contributed by atoms with E-state index < -0.39 is 7.85 Å². The van der Waals surface area contributed by atoms with Crippen molar-refractivity contribution in [2.75, 3.05) is 0 Å². The molecule has 3 aromatic heterocycles. The Morgan fingerprint density at radius 1 is 0.419 bits per heavy atom. The Morgan fingerprint density at radius 3 is 1.61 bits per heavy atom. The molecule has 3 heterocycles. The van der Waals surface area contributed by atoms with Gasteiger partial charge in [-0.05, 0) is 47.5 Å². The molecular formula is C28H19N2P. The second-order valence-corrected chi connectivity index (χ2v) is 9.90. The van der Waals surface area contributed by atoms with E-state index in [1.807, 2.05) is 0 Å². The number of aromatic nitrogens is 2. The smallest absolute Gasteiger partial charge is 0.0757 e. The minimum Gasteiger partial charge on any atom is -0.281 e. The van der Waals surface area contributed by atoms with Crippen LogP contribution in [0.15, 0.2) is 115 Å². The lowest BCUT2D eigenvalue weighted by Crippen LogP contribution is -1.84. The summed E-state index contributed by atoms with van der Waals surface area (Å²) in [4.78, 5) is 0. The Kier molecular flexibility index (Phi) is 3.50. The molecule has 0 N–H and O–H groups in total. The SMILES string of the molecule is c1ccc(-c2cccc(-p3n4c5ccccc5cc4c4cc5ccccc5n43)c2)cc1. The summed E-state index contributed by atoms with van der Waals surface area (Å²) in [5, 5.41) is 3.97. The molecule has 2 nitrogen and oxygen atoms in total. The Bertz CT molecular complexity index is 1640.